The Labute approximate surface area is 167 Å². The Morgan fingerprint density at radius 2 is 1.79 bits per heavy atom. The highest BCUT2D eigenvalue weighted by atomic mass is 32.1. The van der Waals surface area contributed by atoms with Gasteiger partial charge in [0.1, 0.15) is 11.5 Å². The van der Waals surface area contributed by atoms with Gasteiger partial charge in [-0.05, 0) is 55.0 Å². The van der Waals surface area contributed by atoms with Gasteiger partial charge in [-0.25, -0.2) is 0 Å². The van der Waals surface area contributed by atoms with E-state index in [1.54, 1.807) is 12.3 Å². The van der Waals surface area contributed by atoms with E-state index in [1.165, 1.54) is 23.5 Å². The Bertz CT molecular complexity index is 966. The van der Waals surface area contributed by atoms with Crippen molar-refractivity contribution in [2.24, 2.45) is 0 Å². The van der Waals surface area contributed by atoms with Gasteiger partial charge in [0, 0.05) is 17.1 Å². The molecule has 10 heteroatoms. The molecule has 2 N–H and O–H groups in total. The van der Waals surface area contributed by atoms with Crippen molar-refractivity contribution >= 4 is 28.8 Å². The number of carbonyl (C=O) groups excluding carboxylic acids is 2. The van der Waals surface area contributed by atoms with Gasteiger partial charge in [-0.3, -0.25) is 9.59 Å². The standard InChI is InChI=1S/C19H15F3N2O4S/c20-19(21,22)28-13-5-3-12(4-6-13)24-18(26)17(25)23-10-9-14-7-8-16(29-14)15-2-1-11-27-15/h1-8,11H,9-10H2,(H,23,25)(H,24,26). The summed E-state index contributed by atoms with van der Waals surface area (Å²) in [4.78, 5) is 25.7. The van der Waals surface area contributed by atoms with Crippen LogP contribution < -0.4 is 15.4 Å². The van der Waals surface area contributed by atoms with Crippen LogP contribution in [0.2, 0.25) is 0 Å². The van der Waals surface area contributed by atoms with Gasteiger partial charge in [-0.15, -0.1) is 24.5 Å². The Morgan fingerprint density at radius 3 is 2.45 bits per heavy atom. The molecule has 0 unspecified atom stereocenters. The summed E-state index contributed by atoms with van der Waals surface area (Å²) < 4.78 is 45.4. The van der Waals surface area contributed by atoms with Gasteiger partial charge in [0.25, 0.3) is 0 Å². The number of furan rings is 1. The monoisotopic (exact) mass is 424 g/mol. The highest BCUT2D eigenvalue weighted by Crippen LogP contribution is 2.28. The molecule has 2 amide bonds. The van der Waals surface area contributed by atoms with Crippen molar-refractivity contribution in [1.82, 2.24) is 5.32 Å². The van der Waals surface area contributed by atoms with Crippen molar-refractivity contribution in [3.8, 4) is 16.4 Å². The smallest absolute Gasteiger partial charge is 0.464 e. The molecule has 0 aliphatic rings. The number of benzene rings is 1. The van der Waals surface area contributed by atoms with Crippen LogP contribution in [0, 0.1) is 0 Å². The molecule has 152 valence electrons. The summed E-state index contributed by atoms with van der Waals surface area (Å²) in [5, 5.41) is 4.80. The summed E-state index contributed by atoms with van der Waals surface area (Å²) in [6.45, 7) is 0.253. The van der Waals surface area contributed by atoms with E-state index in [9.17, 15) is 22.8 Å². The number of amides is 2. The van der Waals surface area contributed by atoms with E-state index in [4.69, 9.17) is 4.42 Å². The normalized spacial score (nSPS) is 11.1. The van der Waals surface area contributed by atoms with E-state index in [2.05, 4.69) is 15.4 Å². The van der Waals surface area contributed by atoms with Crippen LogP contribution in [0.3, 0.4) is 0 Å². The number of carbonyl (C=O) groups is 2. The number of halogens is 3. The van der Waals surface area contributed by atoms with Gasteiger partial charge in [0.2, 0.25) is 0 Å². The highest BCUT2D eigenvalue weighted by molar-refractivity contribution is 7.15. The quantitative estimate of drug-likeness (QED) is 0.581. The lowest BCUT2D eigenvalue weighted by Crippen LogP contribution is -2.36. The fraction of sp³-hybridized carbons (Fsp3) is 0.158. The van der Waals surface area contributed by atoms with Crippen molar-refractivity contribution in [2.45, 2.75) is 12.8 Å². The van der Waals surface area contributed by atoms with E-state index >= 15 is 0 Å². The molecule has 3 rings (SSSR count). The zero-order chi connectivity index (χ0) is 20.9. The number of nitrogens with one attached hydrogen (secondary N) is 2. The molecule has 6 nitrogen and oxygen atoms in total. The van der Waals surface area contributed by atoms with Crippen LogP contribution in [0.4, 0.5) is 18.9 Å². The third-order valence-corrected chi connectivity index (χ3v) is 4.79. The number of anilines is 1. The topological polar surface area (TPSA) is 80.6 Å². The molecular formula is C19H15F3N2O4S. The first kappa shape index (κ1) is 20.5. The van der Waals surface area contributed by atoms with Crippen molar-refractivity contribution < 1.29 is 31.9 Å². The van der Waals surface area contributed by atoms with Crippen molar-refractivity contribution in [3.05, 3.63) is 59.7 Å². The van der Waals surface area contributed by atoms with Gasteiger partial charge < -0.3 is 19.8 Å². The summed E-state index contributed by atoms with van der Waals surface area (Å²) in [5.41, 5.74) is 0.168. The fourth-order valence-electron chi connectivity index (χ4n) is 2.37. The maximum absolute atomic E-state index is 12.1. The molecule has 3 aromatic rings. The highest BCUT2D eigenvalue weighted by Gasteiger charge is 2.31. The molecule has 0 radical (unpaired) electrons. The molecular weight excluding hydrogens is 409 g/mol. The minimum absolute atomic E-state index is 0.168. The van der Waals surface area contributed by atoms with Crippen LogP contribution in [0.1, 0.15) is 4.88 Å². The van der Waals surface area contributed by atoms with Gasteiger partial charge in [0.05, 0.1) is 11.1 Å². The minimum atomic E-state index is -4.80. The Balaban J connectivity index is 1.44. The molecule has 2 heterocycles. The summed E-state index contributed by atoms with van der Waals surface area (Å²) in [6.07, 6.45) is -2.68. The molecule has 1 aromatic carbocycles. The van der Waals surface area contributed by atoms with Crippen molar-refractivity contribution in [3.63, 3.8) is 0 Å². The number of thiophene rings is 1. The van der Waals surface area contributed by atoms with Gasteiger partial charge in [-0.2, -0.15) is 0 Å². The molecule has 0 saturated heterocycles. The van der Waals surface area contributed by atoms with E-state index in [1.807, 2.05) is 18.2 Å². The molecule has 29 heavy (non-hydrogen) atoms. The predicted octanol–water partition coefficient (Wildman–Crippen LogP) is 4.20. The average molecular weight is 424 g/mol. The lowest BCUT2D eigenvalue weighted by molar-refractivity contribution is -0.274. The van der Waals surface area contributed by atoms with Gasteiger partial charge in [-0.1, -0.05) is 0 Å². The van der Waals surface area contributed by atoms with E-state index < -0.39 is 23.9 Å². The molecule has 0 aliphatic heterocycles. The Kier molecular flexibility index (Phi) is 6.23. The van der Waals surface area contributed by atoms with E-state index in [0.717, 1.165) is 27.6 Å². The zero-order valence-corrected chi connectivity index (χ0v) is 15.6. The van der Waals surface area contributed by atoms with Crippen molar-refractivity contribution in [1.29, 1.82) is 0 Å². The van der Waals surface area contributed by atoms with Crippen LogP contribution in [0.25, 0.3) is 10.6 Å². The third kappa shape index (κ3) is 6.11. The summed E-state index contributed by atoms with van der Waals surface area (Å²) in [7, 11) is 0. The molecule has 0 fully saturated rings. The van der Waals surface area contributed by atoms with E-state index in [-0.39, 0.29) is 12.2 Å². The average Bonchev–Trinajstić information content (AvgIpc) is 3.33. The second-order valence-electron chi connectivity index (χ2n) is 5.78. The van der Waals surface area contributed by atoms with Crippen LogP contribution in [-0.2, 0) is 16.0 Å². The fourth-order valence-corrected chi connectivity index (χ4v) is 3.35. The van der Waals surface area contributed by atoms with Crippen LogP contribution in [-0.4, -0.2) is 24.7 Å². The number of hydrogen-bond acceptors (Lipinski definition) is 5. The maximum Gasteiger partial charge on any atom is 0.573 e. The van der Waals surface area contributed by atoms with Crippen LogP contribution >= 0.6 is 11.3 Å². The largest absolute Gasteiger partial charge is 0.573 e. The summed E-state index contributed by atoms with van der Waals surface area (Å²) in [5.74, 6) is -1.43. The summed E-state index contributed by atoms with van der Waals surface area (Å²) >= 11 is 1.52. The molecule has 0 spiro atoms. The lowest BCUT2D eigenvalue weighted by Gasteiger charge is -2.10. The molecule has 0 saturated carbocycles. The molecule has 0 aliphatic carbocycles. The number of ether oxygens (including phenoxy) is 1. The van der Waals surface area contributed by atoms with Crippen LogP contribution in [0.5, 0.6) is 5.75 Å². The Morgan fingerprint density at radius 1 is 1.03 bits per heavy atom. The molecule has 2 aromatic heterocycles. The second kappa shape index (κ2) is 8.82. The maximum atomic E-state index is 12.1. The SMILES string of the molecule is O=C(NCCc1ccc(-c2ccco2)s1)C(=O)Nc1ccc(OC(F)(F)F)cc1. The summed E-state index contributed by atoms with van der Waals surface area (Å²) in [6, 6.07) is 12.0. The predicted molar refractivity (Wildman–Crippen MR) is 100 cm³/mol. The van der Waals surface area contributed by atoms with Crippen molar-refractivity contribution in [2.75, 3.05) is 11.9 Å². The van der Waals surface area contributed by atoms with Crippen LogP contribution in [0.15, 0.2) is 59.2 Å². The number of rotatable bonds is 6. The lowest BCUT2D eigenvalue weighted by atomic mass is 10.3. The number of alkyl halides is 3. The first-order chi connectivity index (χ1) is 13.8. The van der Waals surface area contributed by atoms with Gasteiger partial charge >= 0.3 is 18.2 Å². The minimum Gasteiger partial charge on any atom is -0.464 e. The first-order valence-corrected chi connectivity index (χ1v) is 9.19. The number of hydrogen-bond donors (Lipinski definition) is 2. The molecule has 0 atom stereocenters. The Hall–Kier alpha value is -3.27. The van der Waals surface area contributed by atoms with E-state index in [0.29, 0.717) is 6.42 Å². The molecule has 0 bridgehead atoms. The zero-order valence-electron chi connectivity index (χ0n) is 14.8. The first-order valence-electron chi connectivity index (χ1n) is 8.38. The van der Waals surface area contributed by atoms with Gasteiger partial charge in [0.15, 0.2) is 0 Å². The second-order valence-corrected chi connectivity index (χ2v) is 6.94. The third-order valence-electron chi connectivity index (χ3n) is 3.63.